The molecule has 1 aromatic rings. The highest BCUT2D eigenvalue weighted by atomic mass is 16.2. The van der Waals surface area contributed by atoms with Gasteiger partial charge in [-0.25, -0.2) is 4.79 Å². The van der Waals surface area contributed by atoms with Gasteiger partial charge in [0, 0.05) is 24.0 Å². The second-order valence-corrected chi connectivity index (χ2v) is 5.84. The molecule has 3 rings (SSSR count). The van der Waals surface area contributed by atoms with Crippen LogP contribution in [0, 0.1) is 0 Å². The number of allylic oxidation sites excluding steroid dienone is 1. The molecule has 1 aromatic carbocycles. The van der Waals surface area contributed by atoms with Crippen molar-refractivity contribution in [2.75, 3.05) is 18.0 Å². The van der Waals surface area contributed by atoms with Crippen LogP contribution >= 0.6 is 0 Å². The van der Waals surface area contributed by atoms with E-state index < -0.39 is 0 Å². The summed E-state index contributed by atoms with van der Waals surface area (Å²) < 4.78 is 0. The Labute approximate surface area is 136 Å². The molecule has 6 nitrogen and oxygen atoms in total. The summed E-state index contributed by atoms with van der Waals surface area (Å²) in [6, 6.07) is 7.89. The topological polar surface area (TPSA) is 82.4 Å². The zero-order chi connectivity index (χ0) is 16.2. The first-order chi connectivity index (χ1) is 11.2. The Kier molecular flexibility index (Phi) is 4.64. The number of urea groups is 1. The number of hydrogen-bond donors (Lipinski definition) is 4. The molecular formula is C17H23N5O. The van der Waals surface area contributed by atoms with Crippen molar-refractivity contribution in [1.29, 1.82) is 0 Å². The maximum absolute atomic E-state index is 12.3. The molecule has 2 amide bonds. The van der Waals surface area contributed by atoms with Crippen molar-refractivity contribution in [3.05, 3.63) is 53.4 Å². The lowest BCUT2D eigenvalue weighted by Crippen LogP contribution is -2.51. The van der Waals surface area contributed by atoms with Crippen LogP contribution in [-0.4, -0.2) is 25.3 Å². The summed E-state index contributed by atoms with van der Waals surface area (Å²) in [4.78, 5) is 13.9. The normalized spacial score (nSPS) is 19.7. The molecule has 6 heteroatoms. The van der Waals surface area contributed by atoms with Crippen LogP contribution in [0.1, 0.15) is 18.9 Å². The molecular weight excluding hydrogens is 290 g/mol. The van der Waals surface area contributed by atoms with E-state index >= 15 is 0 Å². The predicted octanol–water partition coefficient (Wildman–Crippen LogP) is 1.37. The summed E-state index contributed by atoms with van der Waals surface area (Å²) in [5, 5.41) is 9.51. The van der Waals surface area contributed by atoms with Gasteiger partial charge >= 0.3 is 6.03 Å². The van der Waals surface area contributed by atoms with Gasteiger partial charge in [0.1, 0.15) is 6.17 Å². The minimum Gasteiger partial charge on any atom is -0.365 e. The second kappa shape index (κ2) is 6.85. The number of anilines is 1. The quantitative estimate of drug-likeness (QED) is 0.598. The third-order valence-electron chi connectivity index (χ3n) is 3.95. The largest absolute Gasteiger partial charge is 0.365 e. The van der Waals surface area contributed by atoms with E-state index in [1.54, 1.807) is 4.90 Å². The Morgan fingerprint density at radius 3 is 2.78 bits per heavy atom. The number of hydrogen-bond acceptors (Lipinski definition) is 4. The average Bonchev–Trinajstić information content (AvgIpc) is 2.90. The molecule has 0 saturated carbocycles. The maximum Gasteiger partial charge on any atom is 0.327 e. The first kappa shape index (κ1) is 15.6. The van der Waals surface area contributed by atoms with E-state index in [2.05, 4.69) is 16.0 Å². The number of rotatable bonds is 6. The van der Waals surface area contributed by atoms with Gasteiger partial charge in [0.15, 0.2) is 0 Å². The first-order valence-corrected chi connectivity index (χ1v) is 7.93. The van der Waals surface area contributed by atoms with E-state index in [-0.39, 0.29) is 12.2 Å². The summed E-state index contributed by atoms with van der Waals surface area (Å²) in [5.41, 5.74) is 9.64. The highest BCUT2D eigenvalue weighted by molar-refractivity contribution is 5.96. The number of carbonyl (C=O) groups excluding carboxylic acids is 1. The fourth-order valence-electron chi connectivity index (χ4n) is 2.74. The van der Waals surface area contributed by atoms with Crippen LogP contribution in [0.4, 0.5) is 10.5 Å². The Bertz CT molecular complexity index is 635. The van der Waals surface area contributed by atoms with Gasteiger partial charge in [-0.1, -0.05) is 12.1 Å². The monoisotopic (exact) mass is 313 g/mol. The first-order valence-electron chi connectivity index (χ1n) is 7.93. The van der Waals surface area contributed by atoms with Gasteiger partial charge in [-0.2, -0.15) is 0 Å². The van der Waals surface area contributed by atoms with Gasteiger partial charge in [0.25, 0.3) is 0 Å². The van der Waals surface area contributed by atoms with Crippen LogP contribution < -0.4 is 26.6 Å². The standard InChI is InChI=1S/C17H23N5O/c1-12-9-14-11-22(17(23)21-16(14)20-12)15-5-3-13(4-6-15)10-19-8-2-7-18/h3-6,9,11,16,19-20H,2,7-8,10,18H2,1H3,(H,21,23). The van der Waals surface area contributed by atoms with Crippen LogP contribution in [0.2, 0.25) is 0 Å². The predicted molar refractivity (Wildman–Crippen MR) is 91.6 cm³/mol. The third kappa shape index (κ3) is 3.55. The maximum atomic E-state index is 12.3. The molecule has 0 radical (unpaired) electrons. The number of nitrogens with zero attached hydrogens (tertiary/aromatic N) is 1. The fraction of sp³-hybridized carbons (Fsp3) is 0.353. The fourth-order valence-corrected chi connectivity index (χ4v) is 2.74. The van der Waals surface area contributed by atoms with Gasteiger partial charge in [-0.3, -0.25) is 4.90 Å². The number of amides is 2. The smallest absolute Gasteiger partial charge is 0.327 e. The molecule has 1 atom stereocenters. The summed E-state index contributed by atoms with van der Waals surface area (Å²) in [5.74, 6) is 0. The Morgan fingerprint density at radius 2 is 2.04 bits per heavy atom. The summed E-state index contributed by atoms with van der Waals surface area (Å²) in [6.07, 6.45) is 4.81. The SMILES string of the molecule is CC1=CC2=CN(c3ccc(CNCCCN)cc3)C(=O)NC2N1. The molecule has 2 aliphatic heterocycles. The van der Waals surface area contributed by atoms with Crippen molar-refractivity contribution in [3.8, 4) is 0 Å². The average molecular weight is 313 g/mol. The second-order valence-electron chi connectivity index (χ2n) is 5.84. The zero-order valence-corrected chi connectivity index (χ0v) is 13.3. The number of nitrogens with one attached hydrogen (secondary N) is 3. The number of carbonyl (C=O) groups is 1. The van der Waals surface area contributed by atoms with Crippen LogP contribution in [0.5, 0.6) is 0 Å². The van der Waals surface area contributed by atoms with Gasteiger partial charge in [0.2, 0.25) is 0 Å². The third-order valence-corrected chi connectivity index (χ3v) is 3.95. The van der Waals surface area contributed by atoms with E-state index in [1.165, 1.54) is 5.56 Å². The molecule has 0 fully saturated rings. The van der Waals surface area contributed by atoms with Gasteiger partial charge in [-0.05, 0) is 50.2 Å². The molecule has 0 spiro atoms. The van der Waals surface area contributed by atoms with Crippen LogP contribution in [0.3, 0.4) is 0 Å². The number of nitrogens with two attached hydrogens (primary N) is 1. The molecule has 0 aromatic heterocycles. The van der Waals surface area contributed by atoms with E-state index in [1.807, 2.05) is 43.5 Å². The lowest BCUT2D eigenvalue weighted by Gasteiger charge is -2.29. The van der Waals surface area contributed by atoms with Crippen molar-refractivity contribution < 1.29 is 4.79 Å². The van der Waals surface area contributed by atoms with E-state index in [4.69, 9.17) is 5.73 Å². The Balaban J connectivity index is 1.68. The summed E-state index contributed by atoms with van der Waals surface area (Å²) in [6.45, 7) is 4.41. The van der Waals surface area contributed by atoms with Crippen molar-refractivity contribution in [1.82, 2.24) is 16.0 Å². The lowest BCUT2D eigenvalue weighted by atomic mass is 10.1. The van der Waals surface area contributed by atoms with Crippen molar-refractivity contribution in [2.24, 2.45) is 5.73 Å². The minimum atomic E-state index is -0.122. The minimum absolute atomic E-state index is 0.107. The van der Waals surface area contributed by atoms with Gasteiger partial charge in [-0.15, -0.1) is 0 Å². The highest BCUT2D eigenvalue weighted by Gasteiger charge is 2.29. The molecule has 2 aliphatic rings. The number of fused-ring (bicyclic) bond motifs is 1. The summed E-state index contributed by atoms with van der Waals surface area (Å²) in [7, 11) is 0. The molecule has 0 bridgehead atoms. The van der Waals surface area contributed by atoms with Crippen LogP contribution in [0.25, 0.3) is 0 Å². The molecule has 0 aliphatic carbocycles. The Hall–Kier alpha value is -2.31. The van der Waals surface area contributed by atoms with E-state index in [0.717, 1.165) is 36.5 Å². The van der Waals surface area contributed by atoms with Crippen molar-refractivity contribution >= 4 is 11.7 Å². The Morgan fingerprint density at radius 1 is 1.26 bits per heavy atom. The van der Waals surface area contributed by atoms with Crippen molar-refractivity contribution in [2.45, 2.75) is 26.1 Å². The molecule has 122 valence electrons. The molecule has 23 heavy (non-hydrogen) atoms. The van der Waals surface area contributed by atoms with Crippen LogP contribution in [0.15, 0.2) is 47.8 Å². The molecule has 2 heterocycles. The highest BCUT2D eigenvalue weighted by Crippen LogP contribution is 2.24. The molecule has 5 N–H and O–H groups in total. The lowest BCUT2D eigenvalue weighted by molar-refractivity contribution is 0.244. The van der Waals surface area contributed by atoms with Gasteiger partial charge < -0.3 is 21.7 Å². The van der Waals surface area contributed by atoms with E-state index in [0.29, 0.717) is 6.54 Å². The van der Waals surface area contributed by atoms with Gasteiger partial charge in [0.05, 0.1) is 5.69 Å². The molecule has 0 saturated heterocycles. The summed E-state index contributed by atoms with van der Waals surface area (Å²) >= 11 is 0. The number of benzene rings is 1. The van der Waals surface area contributed by atoms with E-state index in [9.17, 15) is 4.79 Å². The zero-order valence-electron chi connectivity index (χ0n) is 13.3. The molecule has 1 unspecified atom stereocenters. The van der Waals surface area contributed by atoms with Crippen molar-refractivity contribution in [3.63, 3.8) is 0 Å². The van der Waals surface area contributed by atoms with Crippen LogP contribution in [-0.2, 0) is 6.54 Å².